The van der Waals surface area contributed by atoms with Crippen LogP contribution in [0.25, 0.3) is 11.3 Å². The molecular formula is C23H25FN4O. The molecule has 0 aliphatic carbocycles. The molecule has 29 heavy (non-hydrogen) atoms. The zero-order valence-electron chi connectivity index (χ0n) is 16.3. The monoisotopic (exact) mass is 392 g/mol. The number of aromatic nitrogens is 2. The third-order valence-corrected chi connectivity index (χ3v) is 4.94. The van der Waals surface area contributed by atoms with Gasteiger partial charge >= 0.3 is 0 Å². The second kappa shape index (κ2) is 9.47. The largest absolute Gasteiger partial charge is 0.376 e. The van der Waals surface area contributed by atoms with Crippen LogP contribution in [0.1, 0.15) is 18.4 Å². The highest BCUT2D eigenvalue weighted by Gasteiger charge is 2.16. The maximum Gasteiger partial charge on any atom is 0.225 e. The average molecular weight is 392 g/mol. The molecule has 1 fully saturated rings. The maximum atomic E-state index is 13.1. The van der Waals surface area contributed by atoms with Gasteiger partial charge in [0.25, 0.3) is 0 Å². The van der Waals surface area contributed by atoms with Crippen molar-refractivity contribution in [1.29, 1.82) is 0 Å². The van der Waals surface area contributed by atoms with Crippen molar-refractivity contribution in [1.82, 2.24) is 9.97 Å². The van der Waals surface area contributed by atoms with E-state index in [0.29, 0.717) is 19.0 Å². The zero-order valence-corrected chi connectivity index (χ0v) is 16.3. The molecule has 0 amide bonds. The number of hydrogen-bond acceptors (Lipinski definition) is 5. The van der Waals surface area contributed by atoms with Crippen LogP contribution in [0.3, 0.4) is 0 Å². The highest BCUT2D eigenvalue weighted by Crippen LogP contribution is 2.22. The smallest absolute Gasteiger partial charge is 0.225 e. The minimum atomic E-state index is -0.216. The predicted molar refractivity (Wildman–Crippen MR) is 114 cm³/mol. The Hall–Kier alpha value is -2.99. The summed E-state index contributed by atoms with van der Waals surface area (Å²) in [5, 5.41) is 6.69. The molecule has 1 aliphatic rings. The summed E-state index contributed by atoms with van der Waals surface area (Å²) in [5.41, 5.74) is 2.98. The highest BCUT2D eigenvalue weighted by molar-refractivity contribution is 5.64. The van der Waals surface area contributed by atoms with E-state index in [0.717, 1.165) is 48.5 Å². The number of ether oxygens (including phenoxy) is 1. The van der Waals surface area contributed by atoms with Crippen LogP contribution in [0.4, 0.5) is 16.2 Å². The second-order valence-electron chi connectivity index (χ2n) is 7.15. The minimum Gasteiger partial charge on any atom is -0.376 e. The van der Waals surface area contributed by atoms with Gasteiger partial charge in [-0.15, -0.1) is 0 Å². The molecule has 5 nitrogen and oxygen atoms in total. The van der Waals surface area contributed by atoms with E-state index >= 15 is 0 Å². The van der Waals surface area contributed by atoms with Gasteiger partial charge in [0.1, 0.15) is 11.6 Å². The zero-order chi connectivity index (χ0) is 19.9. The lowest BCUT2D eigenvalue weighted by atomic mass is 10.1. The summed E-state index contributed by atoms with van der Waals surface area (Å²) in [6.45, 7) is 2.22. The first-order valence-corrected chi connectivity index (χ1v) is 10.0. The first kappa shape index (κ1) is 19.3. The minimum absolute atomic E-state index is 0.216. The Morgan fingerprint density at radius 3 is 2.59 bits per heavy atom. The van der Waals surface area contributed by atoms with E-state index in [-0.39, 0.29) is 11.9 Å². The van der Waals surface area contributed by atoms with Crippen LogP contribution in [-0.4, -0.2) is 35.8 Å². The van der Waals surface area contributed by atoms with Crippen LogP contribution < -0.4 is 10.6 Å². The Bertz CT molecular complexity index is 912. The molecule has 4 rings (SSSR count). The van der Waals surface area contributed by atoms with Crippen LogP contribution in [0.15, 0.2) is 60.7 Å². The van der Waals surface area contributed by atoms with Gasteiger partial charge < -0.3 is 15.4 Å². The van der Waals surface area contributed by atoms with E-state index < -0.39 is 0 Å². The lowest BCUT2D eigenvalue weighted by Crippen LogP contribution is -2.20. The molecule has 1 aliphatic heterocycles. The van der Waals surface area contributed by atoms with Crippen molar-refractivity contribution in [3.63, 3.8) is 0 Å². The van der Waals surface area contributed by atoms with Crippen LogP contribution in [-0.2, 0) is 11.2 Å². The van der Waals surface area contributed by atoms with Crippen molar-refractivity contribution >= 4 is 11.8 Å². The fourth-order valence-electron chi connectivity index (χ4n) is 3.37. The predicted octanol–water partition coefficient (Wildman–Crippen LogP) is 4.53. The molecule has 2 aromatic carbocycles. The van der Waals surface area contributed by atoms with Crippen LogP contribution in [0, 0.1) is 5.82 Å². The van der Waals surface area contributed by atoms with Gasteiger partial charge in [0.15, 0.2) is 0 Å². The Kier molecular flexibility index (Phi) is 6.32. The van der Waals surface area contributed by atoms with Gasteiger partial charge in [0.05, 0.1) is 11.8 Å². The molecule has 0 spiro atoms. The number of nitrogens with zero attached hydrogens (tertiary/aromatic N) is 2. The molecule has 0 saturated carbocycles. The summed E-state index contributed by atoms with van der Waals surface area (Å²) in [6, 6.07) is 18.6. The number of halogens is 1. The molecule has 3 aromatic rings. The number of rotatable bonds is 8. The lowest BCUT2D eigenvalue weighted by Gasteiger charge is -2.14. The van der Waals surface area contributed by atoms with Crippen molar-refractivity contribution in [2.75, 3.05) is 30.3 Å². The molecule has 0 radical (unpaired) electrons. The topological polar surface area (TPSA) is 59.1 Å². The van der Waals surface area contributed by atoms with Crippen molar-refractivity contribution < 1.29 is 9.13 Å². The van der Waals surface area contributed by atoms with Crippen molar-refractivity contribution in [2.24, 2.45) is 0 Å². The number of hydrogen-bond donors (Lipinski definition) is 2. The quantitative estimate of drug-likeness (QED) is 0.590. The number of nitrogens with one attached hydrogen (secondary N) is 2. The van der Waals surface area contributed by atoms with E-state index in [9.17, 15) is 4.39 Å². The van der Waals surface area contributed by atoms with Gasteiger partial charge in [-0.05, 0) is 37.0 Å². The molecule has 150 valence electrons. The van der Waals surface area contributed by atoms with Gasteiger partial charge in [-0.2, -0.15) is 4.98 Å². The van der Waals surface area contributed by atoms with Gasteiger partial charge in [-0.25, -0.2) is 9.37 Å². The summed E-state index contributed by atoms with van der Waals surface area (Å²) in [7, 11) is 0. The van der Waals surface area contributed by atoms with Gasteiger partial charge in [0.2, 0.25) is 5.95 Å². The van der Waals surface area contributed by atoms with Gasteiger partial charge in [0, 0.05) is 31.3 Å². The Labute approximate surface area is 170 Å². The second-order valence-corrected chi connectivity index (χ2v) is 7.15. The summed E-state index contributed by atoms with van der Waals surface area (Å²) in [5.74, 6) is 1.13. The van der Waals surface area contributed by atoms with E-state index in [1.165, 1.54) is 12.1 Å². The summed E-state index contributed by atoms with van der Waals surface area (Å²) in [6.07, 6.45) is 3.17. The molecule has 1 saturated heterocycles. The van der Waals surface area contributed by atoms with Gasteiger partial charge in [-0.1, -0.05) is 42.5 Å². The molecule has 1 atom stereocenters. The van der Waals surface area contributed by atoms with Crippen LogP contribution in [0.5, 0.6) is 0 Å². The molecule has 2 N–H and O–H groups in total. The molecular weight excluding hydrogens is 367 g/mol. The Morgan fingerprint density at radius 2 is 1.83 bits per heavy atom. The summed E-state index contributed by atoms with van der Waals surface area (Å²) < 4.78 is 18.7. The fourth-order valence-corrected chi connectivity index (χ4v) is 3.37. The number of benzene rings is 2. The van der Waals surface area contributed by atoms with Crippen molar-refractivity contribution in [3.8, 4) is 11.3 Å². The maximum absolute atomic E-state index is 13.1. The first-order chi connectivity index (χ1) is 14.3. The van der Waals surface area contributed by atoms with Crippen molar-refractivity contribution in [3.05, 3.63) is 72.0 Å². The highest BCUT2D eigenvalue weighted by atomic mass is 19.1. The molecule has 2 heterocycles. The van der Waals surface area contributed by atoms with E-state index in [1.807, 2.05) is 36.4 Å². The Balaban J connectivity index is 1.46. The van der Waals surface area contributed by atoms with Crippen LogP contribution in [0.2, 0.25) is 0 Å². The average Bonchev–Trinajstić information content (AvgIpc) is 3.28. The summed E-state index contributed by atoms with van der Waals surface area (Å²) in [4.78, 5) is 9.30. The third-order valence-electron chi connectivity index (χ3n) is 4.94. The van der Waals surface area contributed by atoms with Crippen LogP contribution >= 0.6 is 0 Å². The molecule has 1 unspecified atom stereocenters. The third kappa shape index (κ3) is 5.51. The molecule has 1 aromatic heterocycles. The normalized spacial score (nSPS) is 16.0. The molecule has 6 heteroatoms. The van der Waals surface area contributed by atoms with Gasteiger partial charge in [-0.3, -0.25) is 0 Å². The van der Waals surface area contributed by atoms with E-state index in [4.69, 9.17) is 4.74 Å². The lowest BCUT2D eigenvalue weighted by molar-refractivity contribution is 0.120. The fraction of sp³-hybridized carbons (Fsp3) is 0.304. The first-order valence-electron chi connectivity index (χ1n) is 10.0. The Morgan fingerprint density at radius 1 is 1.00 bits per heavy atom. The number of anilines is 2. The van der Waals surface area contributed by atoms with E-state index in [2.05, 4.69) is 20.6 Å². The molecule has 0 bridgehead atoms. The SMILES string of the molecule is Fc1ccc(CCNc2cc(-c3ccccc3)nc(NCC3CCCO3)n2)cc1. The summed E-state index contributed by atoms with van der Waals surface area (Å²) >= 11 is 0. The van der Waals surface area contributed by atoms with E-state index in [1.54, 1.807) is 12.1 Å². The standard InChI is InChI=1S/C23H25FN4O/c24-19-10-8-17(9-11-19)12-13-25-22-15-21(18-5-2-1-3-6-18)27-23(28-22)26-16-20-7-4-14-29-20/h1-3,5-6,8-11,15,20H,4,7,12-14,16H2,(H2,25,26,27,28). The van der Waals surface area contributed by atoms with Crippen molar-refractivity contribution in [2.45, 2.75) is 25.4 Å².